The van der Waals surface area contributed by atoms with Gasteiger partial charge in [0.15, 0.2) is 5.82 Å². The van der Waals surface area contributed by atoms with Crippen molar-refractivity contribution in [3.05, 3.63) is 212 Å². The number of para-hydroxylation sites is 5. The van der Waals surface area contributed by atoms with Crippen molar-refractivity contribution in [1.29, 1.82) is 0 Å². The second kappa shape index (κ2) is 14.2. The maximum atomic E-state index is 5.73. The highest BCUT2D eigenvalue weighted by molar-refractivity contribution is 6.25. The Morgan fingerprint density at radius 3 is 1.34 bits per heavy atom. The van der Waals surface area contributed by atoms with Crippen LogP contribution < -0.4 is 0 Å². The molecule has 1 aliphatic rings. The van der Waals surface area contributed by atoms with Gasteiger partial charge in [0.2, 0.25) is 11.9 Å². The van der Waals surface area contributed by atoms with Gasteiger partial charge in [0.1, 0.15) is 0 Å². The van der Waals surface area contributed by atoms with E-state index in [4.69, 9.17) is 15.0 Å². The van der Waals surface area contributed by atoms with Crippen LogP contribution in [-0.4, -0.2) is 33.2 Å². The molecule has 0 bridgehead atoms. The predicted octanol–water partition coefficient (Wildman–Crippen LogP) is 15.3. The molecule has 7 nitrogen and oxygen atoms in total. The molecule has 0 spiro atoms. The van der Waals surface area contributed by atoms with E-state index >= 15 is 0 Å². The molecule has 9 aromatic carbocycles. The van der Waals surface area contributed by atoms with Crippen molar-refractivity contribution in [1.82, 2.24) is 33.2 Å². The Balaban J connectivity index is 1.13. The van der Waals surface area contributed by atoms with Gasteiger partial charge < -0.3 is 9.13 Å². The molecule has 5 aromatic heterocycles. The number of benzene rings is 9. The Morgan fingerprint density at radius 1 is 0.338 bits per heavy atom. The Hall–Kier alpha value is -9.07. The molecule has 14 aromatic rings. The molecule has 5 heterocycles. The van der Waals surface area contributed by atoms with Crippen LogP contribution in [0.5, 0.6) is 0 Å². The fourth-order valence-corrected chi connectivity index (χ4v) is 11.3. The smallest absolute Gasteiger partial charge is 0.240 e. The fraction of sp³-hybridized carbons (Fsp3) is 0.0328. The maximum Gasteiger partial charge on any atom is 0.240 e. The van der Waals surface area contributed by atoms with Crippen LogP contribution in [0.15, 0.2) is 212 Å². The largest absolute Gasteiger partial charge is 0.308 e. The standard InChI is InChI=1S/C61H39N7/c1-3-19-41(20-4-1)65-51-27-13-9-23-43(51)47-33-35-49-45-25-11-15-29-53(45)67(57(49)55(47)65)60-62-59(40-32-31-38-17-7-8-18-39(38)37-40)63-61(64-60)68-54-30-16-12-26-46(54)50-36-34-48-44-24-10-14-28-52(44)66(56(48)58(50)68)42-21-5-2-6-22-42/h1,3-5,7-37H,2,6H2. The van der Waals surface area contributed by atoms with Gasteiger partial charge in [-0.2, -0.15) is 15.0 Å². The van der Waals surface area contributed by atoms with Crippen LogP contribution in [0.25, 0.3) is 133 Å². The monoisotopic (exact) mass is 869 g/mol. The van der Waals surface area contributed by atoms with Crippen LogP contribution in [-0.2, 0) is 0 Å². The first kappa shape index (κ1) is 37.2. The zero-order valence-corrected chi connectivity index (χ0v) is 36.8. The van der Waals surface area contributed by atoms with Gasteiger partial charge in [-0.05, 0) is 72.2 Å². The molecule has 0 atom stereocenters. The molecule has 15 rings (SSSR count). The third-order valence-electron chi connectivity index (χ3n) is 14.2. The highest BCUT2D eigenvalue weighted by Gasteiger charge is 2.27. The van der Waals surface area contributed by atoms with Crippen molar-refractivity contribution < 1.29 is 0 Å². The molecule has 68 heavy (non-hydrogen) atoms. The van der Waals surface area contributed by atoms with E-state index in [9.17, 15) is 0 Å². The van der Waals surface area contributed by atoms with Crippen LogP contribution >= 0.6 is 0 Å². The molecule has 7 heteroatoms. The third kappa shape index (κ3) is 5.21. The molecular weight excluding hydrogens is 831 g/mol. The first-order valence-corrected chi connectivity index (χ1v) is 23.4. The number of hydrogen-bond acceptors (Lipinski definition) is 3. The first-order valence-electron chi connectivity index (χ1n) is 23.4. The zero-order valence-electron chi connectivity index (χ0n) is 36.8. The van der Waals surface area contributed by atoms with Crippen molar-refractivity contribution in [2.75, 3.05) is 0 Å². The quantitative estimate of drug-likeness (QED) is 0.173. The van der Waals surface area contributed by atoms with E-state index in [0.717, 1.165) is 100 Å². The second-order valence-electron chi connectivity index (χ2n) is 17.9. The number of allylic oxidation sites excluding steroid dienone is 4. The molecule has 0 amide bonds. The Labute approximate surface area is 389 Å². The van der Waals surface area contributed by atoms with Gasteiger partial charge in [-0.1, -0.05) is 164 Å². The van der Waals surface area contributed by atoms with E-state index in [1.54, 1.807) is 0 Å². The van der Waals surface area contributed by atoms with Crippen molar-refractivity contribution in [3.63, 3.8) is 0 Å². The number of hydrogen-bond donors (Lipinski definition) is 0. The number of nitrogens with zero attached hydrogens (tertiary/aromatic N) is 7. The van der Waals surface area contributed by atoms with Crippen LogP contribution in [0.4, 0.5) is 0 Å². The summed E-state index contributed by atoms with van der Waals surface area (Å²) in [7, 11) is 0. The summed E-state index contributed by atoms with van der Waals surface area (Å²) in [6.45, 7) is 0. The molecule has 0 N–H and O–H groups in total. The van der Waals surface area contributed by atoms with Gasteiger partial charge in [0, 0.05) is 60.0 Å². The lowest BCUT2D eigenvalue weighted by Crippen LogP contribution is -2.11. The van der Waals surface area contributed by atoms with Gasteiger partial charge in [0.05, 0.1) is 44.1 Å². The second-order valence-corrected chi connectivity index (χ2v) is 17.9. The van der Waals surface area contributed by atoms with E-state index in [1.165, 1.54) is 27.4 Å². The summed E-state index contributed by atoms with van der Waals surface area (Å²) in [4.78, 5) is 16.9. The summed E-state index contributed by atoms with van der Waals surface area (Å²) in [5.41, 5.74) is 11.8. The van der Waals surface area contributed by atoms with Crippen LogP contribution in [0.3, 0.4) is 0 Å². The van der Waals surface area contributed by atoms with E-state index < -0.39 is 0 Å². The van der Waals surface area contributed by atoms with E-state index in [2.05, 4.69) is 231 Å². The van der Waals surface area contributed by atoms with Crippen molar-refractivity contribution in [3.8, 4) is 29.0 Å². The lowest BCUT2D eigenvalue weighted by Gasteiger charge is -2.16. The topological polar surface area (TPSA) is 58.4 Å². The lowest BCUT2D eigenvalue weighted by molar-refractivity contribution is 0.893. The minimum atomic E-state index is 0.540. The average molecular weight is 870 g/mol. The van der Waals surface area contributed by atoms with Gasteiger partial charge in [-0.25, -0.2) is 0 Å². The Kier molecular flexibility index (Phi) is 7.77. The SMILES string of the molecule is C1=CC(n2c3ccccc3c3ccc4c5ccccc5n(-c5nc(-c6ccc7ccccc7c6)nc(-n6c7ccccc7c7ccc8c9ccccc9n(-c9ccccc9)c8c76)n5)c4c32)=CCC1. The molecule has 0 saturated carbocycles. The minimum absolute atomic E-state index is 0.540. The molecule has 0 radical (unpaired) electrons. The third-order valence-corrected chi connectivity index (χ3v) is 14.2. The lowest BCUT2D eigenvalue weighted by atomic mass is 10.1. The normalized spacial score (nSPS) is 13.2. The first-order chi connectivity index (χ1) is 33.8. The average Bonchev–Trinajstić information content (AvgIpc) is 4.14. The number of fused-ring (bicyclic) bond motifs is 15. The van der Waals surface area contributed by atoms with Gasteiger partial charge in [0.25, 0.3) is 0 Å². The van der Waals surface area contributed by atoms with E-state index in [0.29, 0.717) is 17.7 Å². The van der Waals surface area contributed by atoms with Crippen molar-refractivity contribution >= 4 is 104 Å². The summed E-state index contributed by atoms with van der Waals surface area (Å²) in [5.74, 6) is 1.68. The minimum Gasteiger partial charge on any atom is -0.308 e. The molecular formula is C61H39N7. The molecule has 0 aliphatic heterocycles. The van der Waals surface area contributed by atoms with Crippen LogP contribution in [0.2, 0.25) is 0 Å². The Morgan fingerprint density at radius 2 is 0.794 bits per heavy atom. The van der Waals surface area contributed by atoms with Gasteiger partial charge in [-0.3, -0.25) is 9.13 Å². The predicted molar refractivity (Wildman–Crippen MR) is 281 cm³/mol. The van der Waals surface area contributed by atoms with Gasteiger partial charge >= 0.3 is 0 Å². The van der Waals surface area contributed by atoms with Crippen molar-refractivity contribution in [2.45, 2.75) is 12.8 Å². The van der Waals surface area contributed by atoms with E-state index in [-0.39, 0.29) is 0 Å². The zero-order chi connectivity index (χ0) is 44.5. The summed E-state index contributed by atoms with van der Waals surface area (Å²) < 4.78 is 9.46. The van der Waals surface area contributed by atoms with Crippen LogP contribution in [0.1, 0.15) is 12.8 Å². The summed E-state index contributed by atoms with van der Waals surface area (Å²) >= 11 is 0. The number of rotatable bonds is 5. The molecule has 0 saturated heterocycles. The van der Waals surface area contributed by atoms with Gasteiger partial charge in [-0.15, -0.1) is 0 Å². The highest BCUT2D eigenvalue weighted by Crippen LogP contribution is 2.44. The summed E-state index contributed by atoms with van der Waals surface area (Å²) in [6, 6.07) is 69.7. The van der Waals surface area contributed by atoms with Crippen molar-refractivity contribution in [2.24, 2.45) is 0 Å². The Bertz CT molecular complexity index is 4500. The molecule has 0 fully saturated rings. The highest BCUT2D eigenvalue weighted by atomic mass is 15.3. The molecule has 1 aliphatic carbocycles. The fourth-order valence-electron chi connectivity index (χ4n) is 11.3. The van der Waals surface area contributed by atoms with Crippen LogP contribution in [0, 0.1) is 0 Å². The maximum absolute atomic E-state index is 5.73. The van der Waals surface area contributed by atoms with E-state index in [1.807, 2.05) is 0 Å². The molecule has 318 valence electrons. The summed E-state index contributed by atoms with van der Waals surface area (Å²) in [6.07, 6.45) is 8.95. The number of aromatic nitrogens is 7. The summed E-state index contributed by atoms with van der Waals surface area (Å²) in [5, 5.41) is 11.5. The molecule has 0 unspecified atom stereocenters.